The van der Waals surface area contributed by atoms with Crippen molar-refractivity contribution in [1.82, 2.24) is 10.2 Å². The largest absolute Gasteiger partial charge is 0.311 e. The quantitative estimate of drug-likeness (QED) is 0.425. The van der Waals surface area contributed by atoms with E-state index in [4.69, 9.17) is 6.42 Å². The molecular formula is C9H10N2O3. The number of carbonyl (C=O) groups is 3. The van der Waals surface area contributed by atoms with Crippen molar-refractivity contribution in [1.29, 1.82) is 0 Å². The second kappa shape index (κ2) is 3.92. The smallest absolute Gasteiger partial charge is 0.299 e. The molecule has 0 aromatic carbocycles. The van der Waals surface area contributed by atoms with E-state index in [-0.39, 0.29) is 6.54 Å². The Morgan fingerprint density at radius 2 is 2.36 bits per heavy atom. The molecule has 5 heteroatoms. The number of piperazine rings is 1. The molecule has 1 rings (SSSR count). The highest BCUT2D eigenvalue weighted by Crippen LogP contribution is 2.08. The standard InChI is InChI=1S/C9H10N2O3/c1-3-6-9(14)10-7(12)5-11(6)8(13)4-2/h2,6H,3,5H2,1H3,(H,10,12,14). The lowest BCUT2D eigenvalue weighted by Gasteiger charge is -2.31. The SMILES string of the molecule is C#CC(=O)N1CC(=O)NC(=O)C1CC. The van der Waals surface area contributed by atoms with Gasteiger partial charge in [-0.1, -0.05) is 6.92 Å². The Labute approximate surface area is 81.4 Å². The summed E-state index contributed by atoms with van der Waals surface area (Å²) in [5.41, 5.74) is 0. The predicted molar refractivity (Wildman–Crippen MR) is 47.8 cm³/mol. The highest BCUT2D eigenvalue weighted by Gasteiger charge is 2.34. The number of nitrogens with one attached hydrogen (secondary N) is 1. The van der Waals surface area contributed by atoms with Gasteiger partial charge in [0.1, 0.15) is 12.6 Å². The van der Waals surface area contributed by atoms with Crippen molar-refractivity contribution >= 4 is 17.7 Å². The lowest BCUT2D eigenvalue weighted by molar-refractivity contribution is -0.147. The van der Waals surface area contributed by atoms with Gasteiger partial charge in [0.25, 0.3) is 5.91 Å². The van der Waals surface area contributed by atoms with Crippen LogP contribution in [-0.4, -0.2) is 35.2 Å². The number of hydrogen-bond donors (Lipinski definition) is 1. The van der Waals surface area contributed by atoms with Gasteiger partial charge in [-0.3, -0.25) is 19.7 Å². The van der Waals surface area contributed by atoms with Gasteiger partial charge in [0.05, 0.1) is 0 Å². The van der Waals surface area contributed by atoms with Gasteiger partial charge in [0.2, 0.25) is 11.8 Å². The van der Waals surface area contributed by atoms with Crippen LogP contribution in [0.2, 0.25) is 0 Å². The highest BCUT2D eigenvalue weighted by molar-refractivity contribution is 6.06. The minimum atomic E-state index is -0.628. The maximum atomic E-state index is 11.3. The fourth-order valence-corrected chi connectivity index (χ4v) is 1.37. The summed E-state index contributed by atoms with van der Waals surface area (Å²) < 4.78 is 0. The molecule has 14 heavy (non-hydrogen) atoms. The summed E-state index contributed by atoms with van der Waals surface area (Å²) in [6, 6.07) is -0.628. The van der Waals surface area contributed by atoms with Crippen LogP contribution in [0.3, 0.4) is 0 Å². The van der Waals surface area contributed by atoms with Crippen LogP contribution < -0.4 is 5.32 Å². The van der Waals surface area contributed by atoms with Crippen molar-refractivity contribution in [3.8, 4) is 12.3 Å². The summed E-state index contributed by atoms with van der Waals surface area (Å²) in [6.07, 6.45) is 5.36. The van der Waals surface area contributed by atoms with Crippen LogP contribution in [0, 0.1) is 12.3 Å². The lowest BCUT2D eigenvalue weighted by atomic mass is 10.1. The summed E-state index contributed by atoms with van der Waals surface area (Å²) in [5.74, 6) is 0.308. The molecule has 0 spiro atoms. The number of nitrogens with zero attached hydrogens (tertiary/aromatic N) is 1. The Morgan fingerprint density at radius 3 is 2.86 bits per heavy atom. The Hall–Kier alpha value is -1.83. The number of amides is 3. The van der Waals surface area contributed by atoms with Crippen molar-refractivity contribution in [2.24, 2.45) is 0 Å². The Kier molecular flexibility index (Phi) is 2.87. The molecule has 3 amide bonds. The van der Waals surface area contributed by atoms with Crippen LogP contribution >= 0.6 is 0 Å². The molecule has 1 heterocycles. The third-order valence-corrected chi connectivity index (χ3v) is 2.03. The van der Waals surface area contributed by atoms with Gasteiger partial charge in [0.15, 0.2) is 0 Å². The lowest BCUT2D eigenvalue weighted by Crippen LogP contribution is -2.59. The molecule has 1 atom stereocenters. The first kappa shape index (κ1) is 10.3. The average molecular weight is 194 g/mol. The van der Waals surface area contributed by atoms with Gasteiger partial charge in [-0.15, -0.1) is 6.42 Å². The molecule has 1 unspecified atom stereocenters. The van der Waals surface area contributed by atoms with Gasteiger partial charge in [-0.05, 0) is 12.3 Å². The van der Waals surface area contributed by atoms with Gasteiger partial charge < -0.3 is 4.90 Å². The molecule has 1 fully saturated rings. The first-order chi connectivity index (χ1) is 6.60. The summed E-state index contributed by atoms with van der Waals surface area (Å²) in [4.78, 5) is 34.5. The molecule has 0 aromatic rings. The number of imide groups is 1. The Morgan fingerprint density at radius 1 is 1.71 bits per heavy atom. The van der Waals surface area contributed by atoms with Crippen LogP contribution in [0.25, 0.3) is 0 Å². The van der Waals surface area contributed by atoms with Crippen LogP contribution in [0.4, 0.5) is 0 Å². The zero-order valence-electron chi connectivity index (χ0n) is 7.74. The van der Waals surface area contributed by atoms with Crippen LogP contribution in [0.5, 0.6) is 0 Å². The minimum absolute atomic E-state index is 0.146. The van der Waals surface area contributed by atoms with Crippen molar-refractivity contribution < 1.29 is 14.4 Å². The van der Waals surface area contributed by atoms with Gasteiger partial charge in [-0.25, -0.2) is 0 Å². The van der Waals surface area contributed by atoms with E-state index in [1.807, 2.05) is 5.92 Å². The van der Waals surface area contributed by atoms with E-state index in [1.165, 1.54) is 0 Å². The summed E-state index contributed by atoms with van der Waals surface area (Å²) >= 11 is 0. The van der Waals surface area contributed by atoms with Crippen molar-refractivity contribution in [2.75, 3.05) is 6.54 Å². The summed E-state index contributed by atoms with van der Waals surface area (Å²) in [7, 11) is 0. The molecule has 0 radical (unpaired) electrons. The third kappa shape index (κ3) is 1.74. The number of hydrogen-bond acceptors (Lipinski definition) is 3. The molecule has 5 nitrogen and oxygen atoms in total. The molecule has 1 saturated heterocycles. The molecule has 0 saturated carbocycles. The molecule has 0 bridgehead atoms. The number of carbonyl (C=O) groups excluding carboxylic acids is 3. The van der Waals surface area contributed by atoms with Crippen LogP contribution in [0.15, 0.2) is 0 Å². The van der Waals surface area contributed by atoms with E-state index in [2.05, 4.69) is 5.32 Å². The summed E-state index contributed by atoms with van der Waals surface area (Å²) in [6.45, 7) is 1.60. The molecule has 1 N–H and O–H groups in total. The zero-order chi connectivity index (χ0) is 10.7. The first-order valence-corrected chi connectivity index (χ1v) is 4.21. The van der Waals surface area contributed by atoms with E-state index >= 15 is 0 Å². The molecule has 0 aliphatic carbocycles. The van der Waals surface area contributed by atoms with E-state index in [0.29, 0.717) is 6.42 Å². The van der Waals surface area contributed by atoms with E-state index in [0.717, 1.165) is 4.90 Å². The van der Waals surface area contributed by atoms with Crippen LogP contribution in [-0.2, 0) is 14.4 Å². The van der Waals surface area contributed by atoms with E-state index in [1.54, 1.807) is 6.92 Å². The van der Waals surface area contributed by atoms with Crippen molar-refractivity contribution in [3.05, 3.63) is 0 Å². The van der Waals surface area contributed by atoms with Crippen molar-refractivity contribution in [3.63, 3.8) is 0 Å². The monoisotopic (exact) mass is 194 g/mol. The van der Waals surface area contributed by atoms with Gasteiger partial charge in [0, 0.05) is 0 Å². The zero-order valence-corrected chi connectivity index (χ0v) is 7.74. The fourth-order valence-electron chi connectivity index (χ4n) is 1.37. The van der Waals surface area contributed by atoms with Gasteiger partial charge >= 0.3 is 0 Å². The summed E-state index contributed by atoms with van der Waals surface area (Å²) in [5, 5.41) is 2.15. The Bertz CT molecular complexity index is 329. The molecule has 74 valence electrons. The minimum Gasteiger partial charge on any atom is -0.311 e. The second-order valence-electron chi connectivity index (χ2n) is 2.91. The third-order valence-electron chi connectivity index (χ3n) is 2.03. The number of rotatable bonds is 1. The van der Waals surface area contributed by atoms with E-state index < -0.39 is 23.8 Å². The molecule has 1 aliphatic rings. The molecule has 1 aliphatic heterocycles. The maximum Gasteiger partial charge on any atom is 0.299 e. The van der Waals surface area contributed by atoms with Crippen molar-refractivity contribution in [2.45, 2.75) is 19.4 Å². The average Bonchev–Trinajstić information content (AvgIpc) is 2.15. The van der Waals surface area contributed by atoms with Crippen LogP contribution in [0.1, 0.15) is 13.3 Å². The molecular weight excluding hydrogens is 184 g/mol. The first-order valence-electron chi connectivity index (χ1n) is 4.21. The molecule has 0 aromatic heterocycles. The highest BCUT2D eigenvalue weighted by atomic mass is 16.2. The Balaban J connectivity index is 2.90. The number of terminal acetylenes is 1. The predicted octanol–water partition coefficient (Wildman–Crippen LogP) is -1.12. The maximum absolute atomic E-state index is 11.3. The normalized spacial score (nSPS) is 21.4. The second-order valence-corrected chi connectivity index (χ2v) is 2.91. The van der Waals surface area contributed by atoms with E-state index in [9.17, 15) is 14.4 Å². The fraction of sp³-hybridized carbons (Fsp3) is 0.444. The topological polar surface area (TPSA) is 66.5 Å². The van der Waals surface area contributed by atoms with Gasteiger partial charge in [-0.2, -0.15) is 0 Å².